The van der Waals surface area contributed by atoms with Gasteiger partial charge >= 0.3 is 6.18 Å². The van der Waals surface area contributed by atoms with Crippen LogP contribution in [-0.2, 0) is 6.18 Å². The highest BCUT2D eigenvalue weighted by Gasteiger charge is 2.31. The van der Waals surface area contributed by atoms with E-state index >= 15 is 0 Å². The Morgan fingerprint density at radius 1 is 1.21 bits per heavy atom. The number of pyridine rings is 1. The molecule has 0 atom stereocenters. The van der Waals surface area contributed by atoms with Gasteiger partial charge in [-0.15, -0.1) is 0 Å². The van der Waals surface area contributed by atoms with Crippen molar-refractivity contribution in [2.24, 2.45) is 0 Å². The number of nitrogens with zero attached hydrogens (tertiary/aromatic N) is 2. The minimum Gasteiger partial charge on any atom is -0.493 e. The first kappa shape index (κ1) is 16.0. The fourth-order valence-corrected chi connectivity index (χ4v) is 2.48. The van der Waals surface area contributed by atoms with Gasteiger partial charge in [0.2, 0.25) is 0 Å². The molecule has 2 heterocycles. The topological polar surface area (TPSA) is 43.6 Å². The van der Waals surface area contributed by atoms with Crippen molar-refractivity contribution in [3.63, 3.8) is 0 Å². The molecule has 0 aliphatic rings. The van der Waals surface area contributed by atoms with Gasteiger partial charge in [-0.2, -0.15) is 13.2 Å². The molecule has 0 spiro atoms. The van der Waals surface area contributed by atoms with Gasteiger partial charge in [0, 0.05) is 11.8 Å². The number of aldehydes is 1. The summed E-state index contributed by atoms with van der Waals surface area (Å²) in [6, 6.07) is 9.13. The van der Waals surface area contributed by atoms with Crippen molar-refractivity contribution in [1.82, 2.24) is 9.38 Å². The van der Waals surface area contributed by atoms with Crippen LogP contribution < -0.4 is 4.74 Å². The van der Waals surface area contributed by atoms with Crippen molar-refractivity contribution in [3.05, 3.63) is 53.9 Å². The SMILES string of the molecule is CCOc1ccccc1-c1nc2ccc(C(F)(F)F)cn2c1C=O. The molecule has 0 aliphatic heterocycles. The van der Waals surface area contributed by atoms with Crippen LogP contribution in [0.25, 0.3) is 16.9 Å². The van der Waals surface area contributed by atoms with Gasteiger partial charge < -0.3 is 4.74 Å². The quantitative estimate of drug-likeness (QED) is 0.671. The lowest BCUT2D eigenvalue weighted by Gasteiger charge is -2.08. The highest BCUT2D eigenvalue weighted by molar-refractivity contribution is 5.88. The number of fused-ring (bicyclic) bond motifs is 1. The number of benzene rings is 1. The van der Waals surface area contributed by atoms with Gasteiger partial charge in [-0.3, -0.25) is 9.20 Å². The lowest BCUT2D eigenvalue weighted by atomic mass is 10.1. The molecular weight excluding hydrogens is 321 g/mol. The summed E-state index contributed by atoms with van der Waals surface area (Å²) in [5, 5.41) is 0. The number of ether oxygens (including phenoxy) is 1. The van der Waals surface area contributed by atoms with Crippen LogP contribution in [0.15, 0.2) is 42.6 Å². The molecule has 124 valence electrons. The molecule has 0 N–H and O–H groups in total. The molecule has 2 aromatic heterocycles. The van der Waals surface area contributed by atoms with E-state index in [1.165, 1.54) is 6.07 Å². The average molecular weight is 334 g/mol. The van der Waals surface area contributed by atoms with E-state index in [4.69, 9.17) is 4.74 Å². The van der Waals surface area contributed by atoms with Crippen LogP contribution in [0.4, 0.5) is 13.2 Å². The summed E-state index contributed by atoms with van der Waals surface area (Å²) in [4.78, 5) is 15.8. The maximum Gasteiger partial charge on any atom is 0.417 e. The minimum absolute atomic E-state index is 0.0447. The lowest BCUT2D eigenvalue weighted by molar-refractivity contribution is -0.137. The number of hydrogen-bond acceptors (Lipinski definition) is 3. The first-order valence-electron chi connectivity index (χ1n) is 7.22. The Morgan fingerprint density at radius 2 is 1.96 bits per heavy atom. The van der Waals surface area contributed by atoms with Gasteiger partial charge in [0.15, 0.2) is 6.29 Å². The molecule has 24 heavy (non-hydrogen) atoms. The second kappa shape index (κ2) is 5.99. The summed E-state index contributed by atoms with van der Waals surface area (Å²) < 4.78 is 45.4. The van der Waals surface area contributed by atoms with Gasteiger partial charge in [0.25, 0.3) is 0 Å². The number of aromatic nitrogens is 2. The number of imidazole rings is 1. The van der Waals surface area contributed by atoms with Crippen molar-refractivity contribution < 1.29 is 22.7 Å². The fraction of sp³-hybridized carbons (Fsp3) is 0.176. The van der Waals surface area contributed by atoms with E-state index in [2.05, 4.69) is 4.98 Å². The normalized spacial score (nSPS) is 11.7. The van der Waals surface area contributed by atoms with Crippen LogP contribution in [0.2, 0.25) is 0 Å². The zero-order valence-corrected chi connectivity index (χ0v) is 12.7. The second-order valence-corrected chi connectivity index (χ2v) is 5.04. The van der Waals surface area contributed by atoms with Crippen LogP contribution >= 0.6 is 0 Å². The molecule has 0 saturated heterocycles. The molecule has 0 bridgehead atoms. The predicted octanol–water partition coefficient (Wildman–Crippen LogP) is 4.23. The van der Waals surface area contributed by atoms with Crippen LogP contribution in [0.3, 0.4) is 0 Å². The molecule has 0 saturated carbocycles. The summed E-state index contributed by atoms with van der Waals surface area (Å²) in [7, 11) is 0. The molecule has 0 aliphatic carbocycles. The Hall–Kier alpha value is -2.83. The zero-order chi connectivity index (χ0) is 17.3. The van der Waals surface area contributed by atoms with Gasteiger partial charge in [-0.1, -0.05) is 12.1 Å². The molecule has 4 nitrogen and oxygen atoms in total. The lowest BCUT2D eigenvalue weighted by Crippen LogP contribution is -2.07. The Balaban J connectivity index is 2.25. The van der Waals surface area contributed by atoms with E-state index in [1.54, 1.807) is 24.3 Å². The van der Waals surface area contributed by atoms with Crippen LogP contribution in [0, 0.1) is 0 Å². The van der Waals surface area contributed by atoms with Crippen molar-refractivity contribution in [2.45, 2.75) is 13.1 Å². The first-order chi connectivity index (χ1) is 11.5. The molecule has 0 unspecified atom stereocenters. The zero-order valence-electron chi connectivity index (χ0n) is 12.7. The van der Waals surface area contributed by atoms with Gasteiger partial charge in [0.05, 0.1) is 12.2 Å². The number of alkyl halides is 3. The van der Waals surface area contributed by atoms with E-state index in [9.17, 15) is 18.0 Å². The second-order valence-electron chi connectivity index (χ2n) is 5.04. The molecule has 3 aromatic rings. The number of halogens is 3. The van der Waals surface area contributed by atoms with Crippen LogP contribution in [-0.4, -0.2) is 22.3 Å². The standard InChI is InChI=1S/C17H13F3N2O2/c1-2-24-14-6-4-3-5-12(14)16-13(10-23)22-9-11(17(18,19)20)7-8-15(22)21-16/h3-10H,2H2,1H3. The maximum absolute atomic E-state index is 12.9. The Morgan fingerprint density at radius 3 is 2.62 bits per heavy atom. The average Bonchev–Trinajstić information content (AvgIpc) is 2.92. The van der Waals surface area contributed by atoms with Gasteiger partial charge in [0.1, 0.15) is 22.8 Å². The largest absolute Gasteiger partial charge is 0.493 e. The fourth-order valence-electron chi connectivity index (χ4n) is 2.48. The van der Waals surface area contributed by atoms with Crippen LogP contribution in [0.5, 0.6) is 5.75 Å². The molecule has 0 fully saturated rings. The Labute approximate surface area is 135 Å². The third-order valence-corrected chi connectivity index (χ3v) is 3.54. The highest BCUT2D eigenvalue weighted by Crippen LogP contribution is 2.34. The number of hydrogen-bond donors (Lipinski definition) is 0. The van der Waals surface area contributed by atoms with Crippen molar-refractivity contribution in [3.8, 4) is 17.0 Å². The predicted molar refractivity (Wildman–Crippen MR) is 82.2 cm³/mol. The van der Waals surface area contributed by atoms with Gasteiger partial charge in [-0.05, 0) is 31.2 Å². The third-order valence-electron chi connectivity index (χ3n) is 3.54. The van der Waals surface area contributed by atoms with E-state index < -0.39 is 11.7 Å². The van der Waals surface area contributed by atoms with Gasteiger partial charge in [-0.25, -0.2) is 4.98 Å². The number of carbonyl (C=O) groups is 1. The highest BCUT2D eigenvalue weighted by atomic mass is 19.4. The minimum atomic E-state index is -4.50. The number of rotatable bonds is 4. The molecule has 1 aromatic carbocycles. The van der Waals surface area contributed by atoms with Crippen molar-refractivity contribution in [2.75, 3.05) is 6.61 Å². The Kier molecular flexibility index (Phi) is 4.01. The van der Waals surface area contributed by atoms with E-state index in [0.717, 1.165) is 16.7 Å². The monoisotopic (exact) mass is 334 g/mol. The van der Waals surface area contributed by atoms with E-state index in [-0.39, 0.29) is 17.0 Å². The summed E-state index contributed by atoms with van der Waals surface area (Å²) in [6.45, 7) is 2.23. The summed E-state index contributed by atoms with van der Waals surface area (Å²) >= 11 is 0. The van der Waals surface area contributed by atoms with Crippen LogP contribution in [0.1, 0.15) is 23.0 Å². The summed E-state index contributed by atoms with van der Waals surface area (Å²) in [5.41, 5.74) is 0.293. The first-order valence-corrected chi connectivity index (χ1v) is 7.22. The van der Waals surface area contributed by atoms with E-state index in [0.29, 0.717) is 24.2 Å². The molecular formula is C17H13F3N2O2. The summed E-state index contributed by atoms with van der Waals surface area (Å²) in [6.07, 6.45) is -3.13. The molecule has 0 radical (unpaired) electrons. The van der Waals surface area contributed by atoms with E-state index in [1.807, 2.05) is 6.92 Å². The molecule has 3 rings (SSSR count). The van der Waals surface area contributed by atoms with Crippen molar-refractivity contribution >= 4 is 11.9 Å². The Bertz CT molecular complexity index is 900. The smallest absolute Gasteiger partial charge is 0.417 e. The molecule has 7 heteroatoms. The summed E-state index contributed by atoms with van der Waals surface area (Å²) in [5.74, 6) is 0.516. The maximum atomic E-state index is 12.9. The van der Waals surface area contributed by atoms with Crippen molar-refractivity contribution in [1.29, 1.82) is 0 Å². The molecule has 0 amide bonds. The number of para-hydroxylation sites is 1. The third kappa shape index (κ3) is 2.73. The number of carbonyl (C=O) groups excluding carboxylic acids is 1.